The second-order valence-corrected chi connectivity index (χ2v) is 5.71. The highest BCUT2D eigenvalue weighted by atomic mass is 16.5. The SMILES string of the molecule is Cc1noc(C)c1CC(=O)N1CCC(Oc2ncccn2)CC1. The summed E-state index contributed by atoms with van der Waals surface area (Å²) in [5.41, 5.74) is 1.68. The molecule has 0 N–H and O–H groups in total. The fourth-order valence-electron chi connectivity index (χ4n) is 2.74. The summed E-state index contributed by atoms with van der Waals surface area (Å²) in [5.74, 6) is 0.823. The maximum Gasteiger partial charge on any atom is 0.316 e. The van der Waals surface area contributed by atoms with Gasteiger partial charge in [-0.1, -0.05) is 5.16 Å². The van der Waals surface area contributed by atoms with Crippen molar-refractivity contribution in [2.24, 2.45) is 0 Å². The number of likely N-dealkylation sites (tertiary alicyclic amines) is 1. The number of amides is 1. The van der Waals surface area contributed by atoms with Crippen molar-refractivity contribution in [1.82, 2.24) is 20.0 Å². The van der Waals surface area contributed by atoms with Crippen LogP contribution < -0.4 is 4.74 Å². The van der Waals surface area contributed by atoms with Gasteiger partial charge in [0.25, 0.3) is 0 Å². The summed E-state index contributed by atoms with van der Waals surface area (Å²) in [6.45, 7) is 5.06. The molecular formula is C16H20N4O3. The van der Waals surface area contributed by atoms with Gasteiger partial charge in [-0.3, -0.25) is 4.79 Å². The van der Waals surface area contributed by atoms with Gasteiger partial charge in [0.05, 0.1) is 12.1 Å². The number of hydrogen-bond donors (Lipinski definition) is 0. The molecule has 0 saturated carbocycles. The van der Waals surface area contributed by atoms with E-state index < -0.39 is 0 Å². The molecule has 7 heteroatoms. The maximum atomic E-state index is 12.4. The number of aryl methyl sites for hydroxylation is 2. The number of piperidine rings is 1. The molecule has 1 saturated heterocycles. The Kier molecular flexibility index (Phi) is 4.55. The zero-order valence-corrected chi connectivity index (χ0v) is 13.4. The minimum atomic E-state index is 0.0560. The van der Waals surface area contributed by atoms with E-state index >= 15 is 0 Å². The molecule has 7 nitrogen and oxygen atoms in total. The minimum Gasteiger partial charge on any atom is -0.460 e. The van der Waals surface area contributed by atoms with Gasteiger partial charge in [0.15, 0.2) is 0 Å². The number of rotatable bonds is 4. The summed E-state index contributed by atoms with van der Waals surface area (Å²) in [6, 6.07) is 2.15. The van der Waals surface area contributed by atoms with Crippen molar-refractivity contribution in [3.63, 3.8) is 0 Å². The van der Waals surface area contributed by atoms with Crippen molar-refractivity contribution in [3.05, 3.63) is 35.5 Å². The third kappa shape index (κ3) is 3.67. The summed E-state index contributed by atoms with van der Waals surface area (Å²) in [7, 11) is 0. The Morgan fingerprint density at radius 1 is 1.30 bits per heavy atom. The molecule has 2 aromatic rings. The number of hydrogen-bond acceptors (Lipinski definition) is 6. The van der Waals surface area contributed by atoms with Crippen LogP contribution in [0.5, 0.6) is 6.01 Å². The first-order chi connectivity index (χ1) is 11.1. The Balaban J connectivity index is 1.51. The van der Waals surface area contributed by atoms with Crippen LogP contribution in [0.2, 0.25) is 0 Å². The Labute approximate surface area is 134 Å². The lowest BCUT2D eigenvalue weighted by molar-refractivity contribution is -0.132. The molecule has 23 heavy (non-hydrogen) atoms. The smallest absolute Gasteiger partial charge is 0.316 e. The van der Waals surface area contributed by atoms with Gasteiger partial charge >= 0.3 is 6.01 Å². The van der Waals surface area contributed by atoms with E-state index in [0.717, 1.165) is 29.9 Å². The third-order valence-corrected chi connectivity index (χ3v) is 4.12. The molecule has 0 atom stereocenters. The molecule has 1 amide bonds. The van der Waals surface area contributed by atoms with Gasteiger partial charge in [0, 0.05) is 43.9 Å². The Morgan fingerprint density at radius 2 is 2.00 bits per heavy atom. The van der Waals surface area contributed by atoms with E-state index in [4.69, 9.17) is 9.26 Å². The third-order valence-electron chi connectivity index (χ3n) is 4.12. The van der Waals surface area contributed by atoms with Gasteiger partial charge < -0.3 is 14.2 Å². The standard InChI is InChI=1S/C16H20N4O3/c1-11-14(12(2)23-19-11)10-15(21)20-8-4-13(5-9-20)22-16-17-6-3-7-18-16/h3,6-7,13H,4-5,8-10H2,1-2H3. The molecule has 1 fully saturated rings. The van der Waals surface area contributed by atoms with E-state index in [9.17, 15) is 4.79 Å². The monoisotopic (exact) mass is 316 g/mol. The van der Waals surface area contributed by atoms with E-state index in [0.29, 0.717) is 25.5 Å². The van der Waals surface area contributed by atoms with Crippen molar-refractivity contribution in [3.8, 4) is 6.01 Å². The number of carbonyl (C=O) groups excluding carboxylic acids is 1. The Hall–Kier alpha value is -2.44. The summed E-state index contributed by atoms with van der Waals surface area (Å²) in [5, 5.41) is 3.89. The second-order valence-electron chi connectivity index (χ2n) is 5.71. The van der Waals surface area contributed by atoms with Gasteiger partial charge in [-0.05, 0) is 19.9 Å². The fourth-order valence-corrected chi connectivity index (χ4v) is 2.74. The molecule has 0 aliphatic carbocycles. The first kappa shape index (κ1) is 15.5. The van der Waals surface area contributed by atoms with Crippen LogP contribution in [-0.4, -0.2) is 45.1 Å². The predicted molar refractivity (Wildman–Crippen MR) is 81.9 cm³/mol. The van der Waals surface area contributed by atoms with Gasteiger partial charge in [-0.25, -0.2) is 9.97 Å². The van der Waals surface area contributed by atoms with Crippen molar-refractivity contribution in [1.29, 1.82) is 0 Å². The highest BCUT2D eigenvalue weighted by Crippen LogP contribution is 2.18. The average molecular weight is 316 g/mol. The lowest BCUT2D eigenvalue weighted by atomic mass is 10.1. The summed E-state index contributed by atoms with van der Waals surface area (Å²) >= 11 is 0. The molecule has 2 aromatic heterocycles. The molecule has 0 bridgehead atoms. The van der Waals surface area contributed by atoms with Crippen molar-refractivity contribution in [2.75, 3.05) is 13.1 Å². The molecule has 1 aliphatic heterocycles. The van der Waals surface area contributed by atoms with Crippen molar-refractivity contribution in [2.45, 2.75) is 39.2 Å². The number of nitrogens with zero attached hydrogens (tertiary/aromatic N) is 4. The fraction of sp³-hybridized carbons (Fsp3) is 0.500. The molecule has 0 spiro atoms. The molecule has 0 unspecified atom stereocenters. The minimum absolute atomic E-state index is 0.0560. The molecule has 3 heterocycles. The van der Waals surface area contributed by atoms with Crippen molar-refractivity contribution >= 4 is 5.91 Å². The predicted octanol–water partition coefficient (Wildman–Crippen LogP) is 1.69. The van der Waals surface area contributed by atoms with Gasteiger partial charge in [0.1, 0.15) is 11.9 Å². The first-order valence-corrected chi connectivity index (χ1v) is 7.76. The molecule has 3 rings (SSSR count). The second kappa shape index (κ2) is 6.76. The van der Waals surface area contributed by atoms with E-state index in [1.165, 1.54) is 0 Å². The van der Waals surface area contributed by atoms with E-state index in [-0.39, 0.29) is 12.0 Å². The van der Waals surface area contributed by atoms with Crippen LogP contribution in [0.3, 0.4) is 0 Å². The lowest BCUT2D eigenvalue weighted by Crippen LogP contribution is -2.42. The zero-order valence-electron chi connectivity index (χ0n) is 13.4. The molecule has 0 radical (unpaired) electrons. The normalized spacial score (nSPS) is 15.7. The van der Waals surface area contributed by atoms with Crippen LogP contribution in [-0.2, 0) is 11.2 Å². The average Bonchev–Trinajstić information content (AvgIpc) is 2.88. The highest BCUT2D eigenvalue weighted by molar-refractivity contribution is 5.79. The molecule has 1 aliphatic rings. The topological polar surface area (TPSA) is 81.4 Å². The van der Waals surface area contributed by atoms with Gasteiger partial charge in [-0.15, -0.1) is 0 Å². The molecular weight excluding hydrogens is 296 g/mol. The quantitative estimate of drug-likeness (QED) is 0.854. The Morgan fingerprint density at radius 3 is 2.61 bits per heavy atom. The van der Waals surface area contributed by atoms with E-state index in [2.05, 4.69) is 15.1 Å². The summed E-state index contributed by atoms with van der Waals surface area (Å²) in [4.78, 5) is 22.4. The number of ether oxygens (including phenoxy) is 1. The van der Waals surface area contributed by atoms with E-state index in [1.807, 2.05) is 18.7 Å². The summed E-state index contributed by atoms with van der Waals surface area (Å²) < 4.78 is 10.9. The summed E-state index contributed by atoms with van der Waals surface area (Å²) in [6.07, 6.45) is 5.28. The Bertz CT molecular complexity index is 644. The maximum absolute atomic E-state index is 12.4. The number of carbonyl (C=O) groups is 1. The lowest BCUT2D eigenvalue weighted by Gasteiger charge is -2.31. The number of aromatic nitrogens is 3. The van der Waals surface area contributed by atoms with E-state index in [1.54, 1.807) is 18.5 Å². The van der Waals surface area contributed by atoms with Crippen LogP contribution in [0.25, 0.3) is 0 Å². The van der Waals surface area contributed by atoms with Crippen LogP contribution in [0.4, 0.5) is 0 Å². The largest absolute Gasteiger partial charge is 0.460 e. The van der Waals surface area contributed by atoms with Gasteiger partial charge in [-0.2, -0.15) is 0 Å². The van der Waals surface area contributed by atoms with Crippen molar-refractivity contribution < 1.29 is 14.1 Å². The first-order valence-electron chi connectivity index (χ1n) is 7.76. The van der Waals surface area contributed by atoms with Crippen LogP contribution >= 0.6 is 0 Å². The highest BCUT2D eigenvalue weighted by Gasteiger charge is 2.25. The van der Waals surface area contributed by atoms with Crippen LogP contribution in [0.15, 0.2) is 23.0 Å². The van der Waals surface area contributed by atoms with Crippen LogP contribution in [0.1, 0.15) is 29.9 Å². The van der Waals surface area contributed by atoms with Gasteiger partial charge in [0.2, 0.25) is 5.91 Å². The molecule has 0 aromatic carbocycles. The van der Waals surface area contributed by atoms with Crippen LogP contribution in [0, 0.1) is 13.8 Å². The zero-order chi connectivity index (χ0) is 16.2. The molecule has 122 valence electrons.